The average molecular weight is 527 g/mol. The van der Waals surface area contributed by atoms with Crippen LogP contribution in [0.15, 0.2) is 91.0 Å². The third-order valence-electron chi connectivity index (χ3n) is 7.47. The molecule has 0 saturated carbocycles. The maximum atomic E-state index is 5.13. The van der Waals surface area contributed by atoms with E-state index in [0.29, 0.717) is 0 Å². The monoisotopic (exact) mass is 526 g/mol. The maximum Gasteiger partial charge on any atom is 0.238 e. The van der Waals surface area contributed by atoms with Gasteiger partial charge in [0.15, 0.2) is 0 Å². The molecule has 0 amide bonds. The largest absolute Gasteiger partial charge is 0.238 e. The van der Waals surface area contributed by atoms with Gasteiger partial charge in [0.1, 0.15) is 0 Å². The van der Waals surface area contributed by atoms with E-state index in [1.54, 1.807) is 0 Å². The molecule has 0 radical (unpaired) electrons. The van der Waals surface area contributed by atoms with Crippen LogP contribution in [0, 0.1) is 41.5 Å². The molecule has 40 heavy (non-hydrogen) atoms. The lowest BCUT2D eigenvalue weighted by Crippen LogP contribution is -2.31. The summed E-state index contributed by atoms with van der Waals surface area (Å²) in [7, 11) is 0. The summed E-state index contributed by atoms with van der Waals surface area (Å²) in [6.07, 6.45) is -0.419. The Labute approximate surface area is 235 Å². The standard InChI is InChI=1S/C34H34N6/c1-22-7-13-28(14-8-22)31-19-25(4)38(35-31)34(39-26(5)20-32(36-39)29-15-9-23(2)10-16-29)40-27(6)21-33(37-40)30-17-11-24(3)12-18-30/h7-21,34H,1-6H3. The Hall–Kier alpha value is -4.71. The molecule has 0 bridgehead atoms. The highest BCUT2D eigenvalue weighted by atomic mass is 15.6. The van der Waals surface area contributed by atoms with E-state index in [-0.39, 0.29) is 0 Å². The summed E-state index contributed by atoms with van der Waals surface area (Å²) in [4.78, 5) is 0. The van der Waals surface area contributed by atoms with Crippen molar-refractivity contribution >= 4 is 0 Å². The van der Waals surface area contributed by atoms with Gasteiger partial charge in [-0.25, -0.2) is 14.0 Å². The number of hydrogen-bond acceptors (Lipinski definition) is 3. The van der Waals surface area contributed by atoms with Crippen molar-refractivity contribution in [3.8, 4) is 33.8 Å². The lowest BCUT2D eigenvalue weighted by atomic mass is 10.1. The van der Waals surface area contributed by atoms with Gasteiger partial charge < -0.3 is 0 Å². The number of hydrogen-bond donors (Lipinski definition) is 0. The van der Waals surface area contributed by atoms with Gasteiger partial charge in [0.25, 0.3) is 0 Å². The zero-order chi connectivity index (χ0) is 28.0. The normalized spacial score (nSPS) is 11.5. The van der Waals surface area contributed by atoms with Crippen molar-refractivity contribution in [2.24, 2.45) is 0 Å². The van der Waals surface area contributed by atoms with Gasteiger partial charge in [0, 0.05) is 33.8 Å². The summed E-state index contributed by atoms with van der Waals surface area (Å²) in [5.74, 6) is 0. The molecule has 3 aromatic carbocycles. The quantitative estimate of drug-likeness (QED) is 0.224. The second kappa shape index (κ2) is 10.1. The number of aromatic nitrogens is 6. The summed E-state index contributed by atoms with van der Waals surface area (Å²) in [5, 5.41) is 15.4. The average Bonchev–Trinajstić information content (AvgIpc) is 3.63. The first-order valence-electron chi connectivity index (χ1n) is 13.7. The van der Waals surface area contributed by atoms with Gasteiger partial charge in [-0.3, -0.25) is 0 Å². The molecule has 6 rings (SSSR count). The molecule has 0 atom stereocenters. The van der Waals surface area contributed by atoms with Crippen LogP contribution in [0.25, 0.3) is 33.8 Å². The highest BCUT2D eigenvalue weighted by molar-refractivity contribution is 5.62. The van der Waals surface area contributed by atoms with Crippen LogP contribution in [-0.2, 0) is 0 Å². The van der Waals surface area contributed by atoms with E-state index >= 15 is 0 Å². The van der Waals surface area contributed by atoms with Crippen LogP contribution >= 0.6 is 0 Å². The molecule has 0 aliphatic heterocycles. The molecule has 0 saturated heterocycles. The van der Waals surface area contributed by atoms with Crippen molar-refractivity contribution in [3.05, 3.63) is 125 Å². The Bertz CT molecular complexity index is 1570. The Morgan fingerprint density at radius 3 is 0.900 bits per heavy atom. The van der Waals surface area contributed by atoms with Gasteiger partial charge in [0.2, 0.25) is 6.29 Å². The molecule has 0 aliphatic carbocycles. The van der Waals surface area contributed by atoms with Crippen LogP contribution in [0.2, 0.25) is 0 Å². The first kappa shape index (κ1) is 25.6. The van der Waals surface area contributed by atoms with Crippen LogP contribution < -0.4 is 0 Å². The van der Waals surface area contributed by atoms with Crippen LogP contribution in [0.4, 0.5) is 0 Å². The van der Waals surface area contributed by atoms with E-state index in [1.807, 2.05) is 14.0 Å². The van der Waals surface area contributed by atoms with Crippen LogP contribution in [0.3, 0.4) is 0 Å². The van der Waals surface area contributed by atoms with Gasteiger partial charge in [-0.2, -0.15) is 15.3 Å². The van der Waals surface area contributed by atoms with E-state index in [4.69, 9.17) is 15.3 Å². The zero-order valence-electron chi connectivity index (χ0n) is 23.9. The number of nitrogens with zero attached hydrogens (tertiary/aromatic N) is 6. The SMILES string of the molecule is Cc1ccc(-c2cc(C)n(C(n3nc(-c4ccc(C)cc4)cc3C)n3nc(-c4ccc(C)cc4)cc3C)n2)cc1. The van der Waals surface area contributed by atoms with Crippen LogP contribution in [0.5, 0.6) is 0 Å². The topological polar surface area (TPSA) is 53.5 Å². The lowest BCUT2D eigenvalue weighted by Gasteiger charge is -2.23. The first-order chi connectivity index (χ1) is 19.3. The van der Waals surface area contributed by atoms with Gasteiger partial charge in [-0.15, -0.1) is 0 Å². The van der Waals surface area contributed by atoms with E-state index in [2.05, 4.69) is 133 Å². The molecule has 0 spiro atoms. The summed E-state index contributed by atoms with van der Waals surface area (Å²) in [5.41, 5.74) is 12.8. The molecule has 6 heteroatoms. The smallest absolute Gasteiger partial charge is 0.224 e. The van der Waals surface area contributed by atoms with Crippen molar-refractivity contribution in [3.63, 3.8) is 0 Å². The van der Waals surface area contributed by atoms with E-state index in [9.17, 15) is 0 Å². The molecule has 3 heterocycles. The third-order valence-corrected chi connectivity index (χ3v) is 7.47. The van der Waals surface area contributed by atoms with Crippen molar-refractivity contribution in [1.82, 2.24) is 29.3 Å². The minimum Gasteiger partial charge on any atom is -0.224 e. The van der Waals surface area contributed by atoms with Gasteiger partial charge >= 0.3 is 0 Å². The fourth-order valence-corrected chi connectivity index (χ4v) is 5.07. The van der Waals surface area contributed by atoms with Crippen LogP contribution in [0.1, 0.15) is 40.1 Å². The molecular weight excluding hydrogens is 492 g/mol. The van der Waals surface area contributed by atoms with Crippen LogP contribution in [-0.4, -0.2) is 29.3 Å². The molecule has 6 aromatic rings. The number of rotatable bonds is 6. The zero-order valence-corrected chi connectivity index (χ0v) is 23.9. The van der Waals surface area contributed by atoms with Gasteiger partial charge in [-0.1, -0.05) is 89.5 Å². The molecule has 0 N–H and O–H groups in total. The fraction of sp³-hybridized carbons (Fsp3) is 0.206. The summed E-state index contributed by atoms with van der Waals surface area (Å²) < 4.78 is 6.10. The first-order valence-corrected chi connectivity index (χ1v) is 13.7. The van der Waals surface area contributed by atoms with Crippen molar-refractivity contribution < 1.29 is 0 Å². The molecule has 0 aliphatic rings. The Balaban J connectivity index is 1.51. The highest BCUT2D eigenvalue weighted by Crippen LogP contribution is 2.29. The summed E-state index contributed by atoms with van der Waals surface area (Å²) >= 11 is 0. The van der Waals surface area contributed by atoms with E-state index in [1.165, 1.54) is 16.7 Å². The van der Waals surface area contributed by atoms with Crippen molar-refractivity contribution in [2.75, 3.05) is 0 Å². The Kier molecular flexibility index (Phi) is 6.46. The lowest BCUT2D eigenvalue weighted by molar-refractivity contribution is 0.272. The minimum atomic E-state index is -0.419. The highest BCUT2D eigenvalue weighted by Gasteiger charge is 2.26. The molecule has 200 valence electrons. The van der Waals surface area contributed by atoms with Crippen molar-refractivity contribution in [2.45, 2.75) is 47.8 Å². The van der Waals surface area contributed by atoms with E-state index in [0.717, 1.165) is 50.9 Å². The second-order valence-electron chi connectivity index (χ2n) is 10.8. The number of benzene rings is 3. The predicted octanol–water partition coefficient (Wildman–Crippen LogP) is 7.68. The molecule has 3 aromatic heterocycles. The predicted molar refractivity (Wildman–Crippen MR) is 161 cm³/mol. The number of aryl methyl sites for hydroxylation is 6. The van der Waals surface area contributed by atoms with E-state index < -0.39 is 6.29 Å². The maximum absolute atomic E-state index is 5.13. The summed E-state index contributed by atoms with van der Waals surface area (Å²) in [6, 6.07) is 31.9. The molecule has 0 fully saturated rings. The third kappa shape index (κ3) is 4.77. The Morgan fingerprint density at radius 1 is 0.400 bits per heavy atom. The Morgan fingerprint density at radius 2 is 0.650 bits per heavy atom. The minimum absolute atomic E-state index is 0.419. The molecular formula is C34H34N6. The molecule has 0 unspecified atom stereocenters. The van der Waals surface area contributed by atoms with Crippen molar-refractivity contribution in [1.29, 1.82) is 0 Å². The van der Waals surface area contributed by atoms with Gasteiger partial charge in [0.05, 0.1) is 17.1 Å². The summed E-state index contributed by atoms with van der Waals surface area (Å²) in [6.45, 7) is 12.6. The second-order valence-corrected chi connectivity index (χ2v) is 10.8. The van der Waals surface area contributed by atoms with Gasteiger partial charge in [-0.05, 0) is 59.7 Å². The fourth-order valence-electron chi connectivity index (χ4n) is 5.07. The molecule has 6 nitrogen and oxygen atoms in total.